The Morgan fingerprint density at radius 3 is 2.75 bits per heavy atom. The number of aliphatic imine (C=N–C) groups is 1. The molecule has 1 heterocycles. The molecule has 28 heavy (non-hydrogen) atoms. The van der Waals surface area contributed by atoms with Crippen LogP contribution in [0.5, 0.6) is 5.75 Å². The molecule has 1 fully saturated rings. The summed E-state index contributed by atoms with van der Waals surface area (Å²) in [5.41, 5.74) is 0.781. The van der Waals surface area contributed by atoms with Gasteiger partial charge in [0.2, 0.25) is 5.91 Å². The number of hydrogen-bond donors (Lipinski definition) is 1. The van der Waals surface area contributed by atoms with Crippen molar-refractivity contribution in [3.63, 3.8) is 0 Å². The van der Waals surface area contributed by atoms with Gasteiger partial charge in [-0.2, -0.15) is 0 Å². The molecule has 0 bridgehead atoms. The smallest absolute Gasteiger partial charge is 0.243 e. The minimum atomic E-state index is -0.404. The fraction of sp³-hybridized carbons (Fsp3) is 0.600. The predicted molar refractivity (Wildman–Crippen MR) is 107 cm³/mol. The van der Waals surface area contributed by atoms with Crippen LogP contribution in [0.4, 0.5) is 4.39 Å². The molecule has 0 radical (unpaired) electrons. The Bertz CT molecular complexity index is 675. The van der Waals surface area contributed by atoms with E-state index in [9.17, 15) is 9.18 Å². The summed E-state index contributed by atoms with van der Waals surface area (Å²) in [4.78, 5) is 19.8. The van der Waals surface area contributed by atoms with E-state index in [-0.39, 0.29) is 24.3 Å². The SMILES string of the molecule is COc1ccc(CN(C)C(=NCC(=O)N(C)C)NCC2CCCCO2)cc1F. The standard InChI is InChI=1S/C20H31FN4O3/c1-24(2)19(26)13-23-20(22-12-16-7-5-6-10-28-16)25(3)14-15-8-9-18(27-4)17(21)11-15/h8-9,11,16H,5-7,10,12-14H2,1-4H3,(H,22,23). The average molecular weight is 394 g/mol. The minimum Gasteiger partial charge on any atom is -0.494 e. The molecule has 0 spiro atoms. The minimum absolute atomic E-state index is 0.0438. The van der Waals surface area contributed by atoms with Gasteiger partial charge in [-0.3, -0.25) is 4.79 Å². The van der Waals surface area contributed by atoms with Crippen LogP contribution in [0, 0.1) is 5.82 Å². The summed E-state index contributed by atoms with van der Waals surface area (Å²) in [5, 5.41) is 3.30. The number of rotatable bonds is 7. The Labute approximate surface area is 166 Å². The van der Waals surface area contributed by atoms with Gasteiger partial charge in [-0.25, -0.2) is 9.38 Å². The zero-order chi connectivity index (χ0) is 20.5. The molecule has 0 aliphatic carbocycles. The van der Waals surface area contributed by atoms with Crippen LogP contribution in [0.2, 0.25) is 0 Å². The summed E-state index contributed by atoms with van der Waals surface area (Å²) in [6.45, 7) is 1.88. The van der Waals surface area contributed by atoms with Crippen LogP contribution in [-0.4, -0.2) is 75.7 Å². The number of hydrogen-bond acceptors (Lipinski definition) is 4. The predicted octanol–water partition coefficient (Wildman–Crippen LogP) is 1.87. The molecule has 1 aliphatic rings. The van der Waals surface area contributed by atoms with Gasteiger partial charge in [0, 0.05) is 40.8 Å². The van der Waals surface area contributed by atoms with Gasteiger partial charge < -0.3 is 24.6 Å². The first kappa shape index (κ1) is 21.9. The van der Waals surface area contributed by atoms with Crippen molar-refractivity contribution in [3.8, 4) is 5.75 Å². The maximum Gasteiger partial charge on any atom is 0.243 e. The molecule has 2 rings (SSSR count). The summed E-state index contributed by atoms with van der Waals surface area (Å²) >= 11 is 0. The number of amides is 1. The Hall–Kier alpha value is -2.35. The van der Waals surface area contributed by atoms with Gasteiger partial charge in [-0.05, 0) is 37.0 Å². The fourth-order valence-corrected chi connectivity index (χ4v) is 2.93. The second-order valence-corrected chi connectivity index (χ2v) is 7.12. The summed E-state index contributed by atoms with van der Waals surface area (Å²) in [6.07, 6.45) is 3.39. The average Bonchev–Trinajstić information content (AvgIpc) is 2.68. The Morgan fingerprint density at radius 2 is 2.14 bits per heavy atom. The largest absolute Gasteiger partial charge is 0.494 e. The number of guanidine groups is 1. The summed E-state index contributed by atoms with van der Waals surface area (Å²) in [6, 6.07) is 4.86. The molecule has 1 atom stereocenters. The van der Waals surface area contributed by atoms with Crippen LogP contribution >= 0.6 is 0 Å². The van der Waals surface area contributed by atoms with E-state index in [1.54, 1.807) is 20.2 Å². The lowest BCUT2D eigenvalue weighted by Gasteiger charge is -2.27. The van der Waals surface area contributed by atoms with E-state index in [1.807, 2.05) is 18.0 Å². The molecule has 0 saturated carbocycles. The van der Waals surface area contributed by atoms with E-state index in [0.717, 1.165) is 31.4 Å². The lowest BCUT2D eigenvalue weighted by Crippen LogP contribution is -2.43. The van der Waals surface area contributed by atoms with Crippen molar-refractivity contribution < 1.29 is 18.7 Å². The van der Waals surface area contributed by atoms with Crippen molar-refractivity contribution in [2.45, 2.75) is 31.9 Å². The highest BCUT2D eigenvalue weighted by Gasteiger charge is 2.16. The number of ether oxygens (including phenoxy) is 2. The van der Waals surface area contributed by atoms with Crippen molar-refractivity contribution in [3.05, 3.63) is 29.6 Å². The molecular weight excluding hydrogens is 363 g/mol. The molecule has 1 N–H and O–H groups in total. The van der Waals surface area contributed by atoms with Gasteiger partial charge in [0.1, 0.15) is 6.54 Å². The molecule has 7 nitrogen and oxygen atoms in total. The third kappa shape index (κ3) is 6.67. The topological polar surface area (TPSA) is 66.4 Å². The third-order valence-electron chi connectivity index (χ3n) is 4.62. The van der Waals surface area contributed by atoms with Gasteiger partial charge in [-0.1, -0.05) is 6.07 Å². The monoisotopic (exact) mass is 394 g/mol. The van der Waals surface area contributed by atoms with Crippen LogP contribution in [0.25, 0.3) is 0 Å². The molecule has 1 unspecified atom stereocenters. The van der Waals surface area contributed by atoms with E-state index in [1.165, 1.54) is 18.1 Å². The second-order valence-electron chi connectivity index (χ2n) is 7.12. The molecule has 8 heteroatoms. The van der Waals surface area contributed by atoms with E-state index in [0.29, 0.717) is 19.0 Å². The first-order chi connectivity index (χ1) is 13.4. The number of methoxy groups -OCH3 is 1. The number of likely N-dealkylation sites (N-methyl/N-ethyl adjacent to an activating group) is 1. The van der Waals surface area contributed by atoms with Gasteiger partial charge in [0.15, 0.2) is 17.5 Å². The number of carbonyl (C=O) groups is 1. The van der Waals surface area contributed by atoms with Crippen LogP contribution in [0.1, 0.15) is 24.8 Å². The molecular formula is C20H31FN4O3. The number of carbonyl (C=O) groups excluding carboxylic acids is 1. The maximum atomic E-state index is 14.0. The van der Waals surface area contributed by atoms with Gasteiger partial charge in [0.05, 0.1) is 13.2 Å². The number of halogens is 1. The zero-order valence-corrected chi connectivity index (χ0v) is 17.2. The first-order valence-electron chi connectivity index (χ1n) is 9.54. The second kappa shape index (κ2) is 10.8. The zero-order valence-electron chi connectivity index (χ0n) is 17.2. The van der Waals surface area contributed by atoms with E-state index in [4.69, 9.17) is 9.47 Å². The van der Waals surface area contributed by atoms with Crippen LogP contribution in [0.15, 0.2) is 23.2 Å². The highest BCUT2D eigenvalue weighted by atomic mass is 19.1. The quantitative estimate of drug-likeness (QED) is 0.565. The molecule has 0 aromatic heterocycles. The molecule has 1 aromatic rings. The number of nitrogens with one attached hydrogen (secondary N) is 1. The molecule has 1 aromatic carbocycles. The summed E-state index contributed by atoms with van der Waals surface area (Å²) in [7, 11) is 6.69. The van der Waals surface area contributed by atoms with Crippen molar-refractivity contribution in [2.75, 3.05) is 47.9 Å². The van der Waals surface area contributed by atoms with Crippen molar-refractivity contribution >= 4 is 11.9 Å². The van der Waals surface area contributed by atoms with E-state index in [2.05, 4.69) is 10.3 Å². The molecule has 1 amide bonds. The first-order valence-corrected chi connectivity index (χ1v) is 9.54. The Balaban J connectivity index is 2.05. The molecule has 1 saturated heterocycles. The van der Waals surface area contributed by atoms with Crippen LogP contribution in [-0.2, 0) is 16.1 Å². The van der Waals surface area contributed by atoms with Gasteiger partial charge >= 0.3 is 0 Å². The Morgan fingerprint density at radius 1 is 1.36 bits per heavy atom. The highest BCUT2D eigenvalue weighted by molar-refractivity contribution is 5.84. The van der Waals surface area contributed by atoms with Crippen LogP contribution < -0.4 is 10.1 Å². The fourth-order valence-electron chi connectivity index (χ4n) is 2.93. The number of benzene rings is 1. The lowest BCUT2D eigenvalue weighted by atomic mass is 10.1. The molecule has 156 valence electrons. The van der Waals surface area contributed by atoms with E-state index < -0.39 is 5.82 Å². The van der Waals surface area contributed by atoms with E-state index >= 15 is 0 Å². The van der Waals surface area contributed by atoms with Crippen molar-refractivity contribution in [1.82, 2.24) is 15.1 Å². The normalized spacial score (nSPS) is 17.2. The van der Waals surface area contributed by atoms with Crippen molar-refractivity contribution in [1.29, 1.82) is 0 Å². The van der Waals surface area contributed by atoms with Gasteiger partial charge in [-0.15, -0.1) is 0 Å². The van der Waals surface area contributed by atoms with Crippen molar-refractivity contribution in [2.24, 2.45) is 4.99 Å². The maximum absolute atomic E-state index is 14.0. The summed E-state index contributed by atoms with van der Waals surface area (Å²) < 4.78 is 24.7. The highest BCUT2D eigenvalue weighted by Crippen LogP contribution is 2.18. The molecule has 1 aliphatic heterocycles. The summed E-state index contributed by atoms with van der Waals surface area (Å²) in [5.74, 6) is 0.306. The number of nitrogens with zero attached hydrogens (tertiary/aromatic N) is 3. The third-order valence-corrected chi connectivity index (χ3v) is 4.62. The Kier molecular flexibility index (Phi) is 8.50. The lowest BCUT2D eigenvalue weighted by molar-refractivity contribution is -0.127. The van der Waals surface area contributed by atoms with Gasteiger partial charge in [0.25, 0.3) is 0 Å². The van der Waals surface area contributed by atoms with Crippen LogP contribution in [0.3, 0.4) is 0 Å².